The topological polar surface area (TPSA) is 56.6 Å². The fourth-order valence-electron chi connectivity index (χ4n) is 3.98. The number of hydrogen-bond donors (Lipinski definition) is 0. The smallest absolute Gasteiger partial charge is 0.382 e. The molecule has 1 atom stereocenters. The van der Waals surface area contributed by atoms with Crippen molar-refractivity contribution >= 4 is 11.6 Å². The summed E-state index contributed by atoms with van der Waals surface area (Å²) in [6.07, 6.45) is -4.63. The average molecular weight is 431 g/mol. The van der Waals surface area contributed by atoms with Crippen LogP contribution in [0, 0.1) is 25.2 Å². The Hall–Kier alpha value is -3.05. The Labute approximate surface area is 179 Å². The van der Waals surface area contributed by atoms with Crippen LogP contribution < -0.4 is 4.90 Å². The van der Waals surface area contributed by atoms with Crippen LogP contribution in [0.5, 0.6) is 0 Å². The highest BCUT2D eigenvalue weighted by Gasteiger charge is 2.36. The Balaban J connectivity index is 1.87. The van der Waals surface area contributed by atoms with E-state index in [4.69, 9.17) is 10.00 Å². The highest BCUT2D eigenvalue weighted by atomic mass is 19.4. The maximum atomic E-state index is 13.4. The summed E-state index contributed by atoms with van der Waals surface area (Å²) in [6, 6.07) is 10.6. The van der Waals surface area contributed by atoms with E-state index in [1.54, 1.807) is 17.0 Å². The first-order chi connectivity index (χ1) is 14.7. The Bertz CT molecular complexity index is 1010. The number of aryl methyl sites for hydroxylation is 2. The van der Waals surface area contributed by atoms with Gasteiger partial charge >= 0.3 is 6.18 Å². The molecule has 1 aliphatic heterocycles. The number of piperazine rings is 1. The van der Waals surface area contributed by atoms with Crippen LogP contribution in [0.15, 0.2) is 36.4 Å². The molecule has 8 heteroatoms. The molecular formula is C23H24F3N3O2. The summed E-state index contributed by atoms with van der Waals surface area (Å²) in [5.74, 6) is -0.103. The van der Waals surface area contributed by atoms with E-state index in [0.717, 1.165) is 17.2 Å². The summed E-state index contributed by atoms with van der Waals surface area (Å²) in [5, 5.41) is 9.03. The molecule has 31 heavy (non-hydrogen) atoms. The molecule has 0 aliphatic carbocycles. The van der Waals surface area contributed by atoms with Gasteiger partial charge in [0.2, 0.25) is 0 Å². The monoisotopic (exact) mass is 431 g/mol. The van der Waals surface area contributed by atoms with E-state index in [1.165, 1.54) is 19.2 Å². The number of nitriles is 1. The van der Waals surface area contributed by atoms with E-state index in [0.29, 0.717) is 30.9 Å². The van der Waals surface area contributed by atoms with Gasteiger partial charge in [-0.15, -0.1) is 0 Å². The maximum absolute atomic E-state index is 13.4. The van der Waals surface area contributed by atoms with Gasteiger partial charge in [-0.2, -0.15) is 18.4 Å². The molecular weight excluding hydrogens is 407 g/mol. The number of rotatable bonds is 4. The van der Waals surface area contributed by atoms with Crippen LogP contribution in [0.25, 0.3) is 0 Å². The quantitative estimate of drug-likeness (QED) is 0.729. The fraction of sp³-hybridized carbons (Fsp3) is 0.391. The van der Waals surface area contributed by atoms with Gasteiger partial charge in [-0.1, -0.05) is 17.7 Å². The zero-order valence-corrected chi connectivity index (χ0v) is 17.7. The van der Waals surface area contributed by atoms with Crippen molar-refractivity contribution in [2.45, 2.75) is 26.1 Å². The van der Waals surface area contributed by atoms with Crippen LogP contribution in [0.1, 0.15) is 32.6 Å². The Morgan fingerprint density at radius 1 is 1.19 bits per heavy atom. The molecule has 5 nitrogen and oxygen atoms in total. The summed E-state index contributed by atoms with van der Waals surface area (Å²) in [5.41, 5.74) is 1.55. The minimum Gasteiger partial charge on any atom is -0.382 e. The number of anilines is 1. The van der Waals surface area contributed by atoms with Gasteiger partial charge in [0.05, 0.1) is 29.8 Å². The van der Waals surface area contributed by atoms with Gasteiger partial charge in [0.15, 0.2) is 0 Å². The summed E-state index contributed by atoms with van der Waals surface area (Å²) < 4.78 is 45.5. The van der Waals surface area contributed by atoms with Crippen molar-refractivity contribution in [3.63, 3.8) is 0 Å². The number of halogens is 3. The van der Waals surface area contributed by atoms with Gasteiger partial charge < -0.3 is 14.5 Å². The van der Waals surface area contributed by atoms with Crippen LogP contribution in [0.4, 0.5) is 18.9 Å². The predicted molar refractivity (Wildman–Crippen MR) is 111 cm³/mol. The molecule has 1 heterocycles. The lowest BCUT2D eigenvalue weighted by molar-refractivity contribution is -0.137. The van der Waals surface area contributed by atoms with E-state index in [-0.39, 0.29) is 18.6 Å². The third kappa shape index (κ3) is 4.83. The highest BCUT2D eigenvalue weighted by Crippen LogP contribution is 2.35. The van der Waals surface area contributed by atoms with Crippen LogP contribution in [0.2, 0.25) is 0 Å². The average Bonchev–Trinajstić information content (AvgIpc) is 2.72. The molecule has 1 saturated heterocycles. The number of carbonyl (C=O) groups excluding carboxylic acids is 1. The van der Waals surface area contributed by atoms with Gasteiger partial charge in [-0.25, -0.2) is 0 Å². The Morgan fingerprint density at radius 3 is 2.55 bits per heavy atom. The molecule has 0 saturated carbocycles. The molecule has 1 amide bonds. The van der Waals surface area contributed by atoms with Gasteiger partial charge in [-0.3, -0.25) is 4.79 Å². The molecule has 0 aromatic heterocycles. The standard InChI is InChI=1S/C23H24F3N3O2/c1-15-4-7-20(16(2)10-15)22(30)28-8-9-29(19(13-28)14-31-3)18-6-5-17(12-27)21(11-18)23(24,25)26/h4-7,10-11,19H,8-9,13-14H2,1-3H3. The van der Waals surface area contributed by atoms with Crippen LogP contribution in [0.3, 0.4) is 0 Å². The Morgan fingerprint density at radius 2 is 1.94 bits per heavy atom. The first-order valence-corrected chi connectivity index (χ1v) is 9.89. The zero-order chi connectivity index (χ0) is 22.8. The van der Waals surface area contributed by atoms with E-state index in [9.17, 15) is 18.0 Å². The van der Waals surface area contributed by atoms with E-state index in [1.807, 2.05) is 30.9 Å². The number of hydrogen-bond acceptors (Lipinski definition) is 4. The molecule has 0 bridgehead atoms. The first kappa shape index (κ1) is 22.6. The second-order valence-electron chi connectivity index (χ2n) is 7.71. The molecule has 0 radical (unpaired) electrons. The number of carbonyl (C=O) groups is 1. The number of benzene rings is 2. The number of alkyl halides is 3. The number of nitrogens with zero attached hydrogens (tertiary/aromatic N) is 3. The van der Waals surface area contributed by atoms with Gasteiger partial charge in [0, 0.05) is 38.0 Å². The molecule has 1 aliphatic rings. The Kier molecular flexibility index (Phi) is 6.56. The van der Waals surface area contributed by atoms with E-state index in [2.05, 4.69) is 0 Å². The molecule has 2 aromatic rings. The summed E-state index contributed by atoms with van der Waals surface area (Å²) in [6.45, 7) is 5.14. The third-order valence-electron chi connectivity index (χ3n) is 5.50. The fourth-order valence-corrected chi connectivity index (χ4v) is 3.98. The lowest BCUT2D eigenvalue weighted by Crippen LogP contribution is -2.56. The van der Waals surface area contributed by atoms with Crippen molar-refractivity contribution in [3.8, 4) is 6.07 Å². The van der Waals surface area contributed by atoms with Crippen molar-refractivity contribution in [3.05, 3.63) is 64.2 Å². The second kappa shape index (κ2) is 8.98. The number of ether oxygens (including phenoxy) is 1. The van der Waals surface area contributed by atoms with Crippen molar-refractivity contribution in [2.24, 2.45) is 0 Å². The number of amides is 1. The van der Waals surface area contributed by atoms with Crippen LogP contribution in [-0.4, -0.2) is 50.2 Å². The first-order valence-electron chi connectivity index (χ1n) is 9.89. The van der Waals surface area contributed by atoms with Crippen molar-refractivity contribution in [2.75, 3.05) is 38.3 Å². The lowest BCUT2D eigenvalue weighted by atomic mass is 10.0. The molecule has 2 aromatic carbocycles. The van der Waals surface area contributed by atoms with Crippen LogP contribution in [-0.2, 0) is 10.9 Å². The van der Waals surface area contributed by atoms with Crippen molar-refractivity contribution in [1.82, 2.24) is 4.90 Å². The molecule has 164 valence electrons. The van der Waals surface area contributed by atoms with Gasteiger partial charge in [0.25, 0.3) is 5.91 Å². The summed E-state index contributed by atoms with van der Waals surface area (Å²) >= 11 is 0. The predicted octanol–water partition coefficient (Wildman–Crippen LogP) is 4.17. The molecule has 0 spiro atoms. The lowest BCUT2D eigenvalue weighted by Gasteiger charge is -2.43. The zero-order valence-electron chi connectivity index (χ0n) is 17.7. The second-order valence-corrected chi connectivity index (χ2v) is 7.71. The minimum absolute atomic E-state index is 0.103. The summed E-state index contributed by atoms with van der Waals surface area (Å²) in [7, 11) is 1.52. The SMILES string of the molecule is COCC1CN(C(=O)c2ccc(C)cc2C)CCN1c1ccc(C#N)c(C(F)(F)F)c1. The largest absolute Gasteiger partial charge is 0.417 e. The van der Waals surface area contributed by atoms with E-state index < -0.39 is 17.3 Å². The number of methoxy groups -OCH3 is 1. The van der Waals surface area contributed by atoms with Crippen molar-refractivity contribution in [1.29, 1.82) is 5.26 Å². The van der Waals surface area contributed by atoms with Crippen molar-refractivity contribution < 1.29 is 22.7 Å². The minimum atomic E-state index is -4.63. The molecule has 0 N–H and O–H groups in total. The third-order valence-corrected chi connectivity index (χ3v) is 5.50. The maximum Gasteiger partial charge on any atom is 0.417 e. The van der Waals surface area contributed by atoms with Gasteiger partial charge in [-0.05, 0) is 43.7 Å². The van der Waals surface area contributed by atoms with Gasteiger partial charge in [0.1, 0.15) is 0 Å². The molecule has 3 rings (SSSR count). The van der Waals surface area contributed by atoms with E-state index >= 15 is 0 Å². The summed E-state index contributed by atoms with van der Waals surface area (Å²) in [4.78, 5) is 16.6. The molecule has 1 fully saturated rings. The highest BCUT2D eigenvalue weighted by molar-refractivity contribution is 5.96. The van der Waals surface area contributed by atoms with Crippen LogP contribution >= 0.6 is 0 Å². The normalized spacial score (nSPS) is 16.9. The molecule has 1 unspecified atom stereocenters.